The fourth-order valence-electron chi connectivity index (χ4n) is 4.96. The molecular formula is C31H37N5O. The Hall–Kier alpha value is -3.51. The van der Waals surface area contributed by atoms with Gasteiger partial charge in [0.25, 0.3) is 0 Å². The minimum Gasteiger partial charge on any atom is -0.437 e. The minimum atomic E-state index is 0.335. The Balaban J connectivity index is 1.45. The molecule has 5 rings (SSSR count). The van der Waals surface area contributed by atoms with Crippen molar-refractivity contribution in [1.29, 1.82) is 0 Å². The number of fused-ring (bicyclic) bond motifs is 1. The van der Waals surface area contributed by atoms with Gasteiger partial charge in [0.2, 0.25) is 11.8 Å². The second-order valence-corrected chi connectivity index (χ2v) is 10.2. The van der Waals surface area contributed by atoms with E-state index in [0.717, 1.165) is 60.3 Å². The molecule has 2 atom stereocenters. The highest BCUT2D eigenvalue weighted by Gasteiger charge is 2.17. The van der Waals surface area contributed by atoms with Gasteiger partial charge in [0.05, 0.1) is 11.3 Å². The molecule has 3 heterocycles. The van der Waals surface area contributed by atoms with Gasteiger partial charge in [0.15, 0.2) is 0 Å². The number of aromatic nitrogens is 3. The molecule has 6 heteroatoms. The predicted molar refractivity (Wildman–Crippen MR) is 151 cm³/mol. The second kappa shape index (κ2) is 11.7. The molecule has 0 unspecified atom stereocenters. The summed E-state index contributed by atoms with van der Waals surface area (Å²) in [5.41, 5.74) is 4.08. The number of hydrogen-bond donors (Lipinski definition) is 2. The van der Waals surface area contributed by atoms with Crippen LogP contribution in [0.1, 0.15) is 50.7 Å². The van der Waals surface area contributed by atoms with Gasteiger partial charge >= 0.3 is 0 Å². The normalized spacial score (nSPS) is 16.5. The maximum atomic E-state index is 6.60. The first-order chi connectivity index (χ1) is 18.1. The zero-order chi connectivity index (χ0) is 25.6. The molecule has 1 aliphatic heterocycles. The number of nitrogens with one attached hydrogen (secondary N) is 2. The lowest BCUT2D eigenvalue weighted by Crippen LogP contribution is -2.38. The van der Waals surface area contributed by atoms with E-state index in [1.165, 1.54) is 23.8 Å². The molecule has 1 saturated heterocycles. The van der Waals surface area contributed by atoms with E-state index in [9.17, 15) is 0 Å². The highest BCUT2D eigenvalue weighted by atomic mass is 16.5. The molecule has 2 aromatic carbocycles. The van der Waals surface area contributed by atoms with Gasteiger partial charge in [0, 0.05) is 30.4 Å². The molecule has 0 aliphatic carbocycles. The van der Waals surface area contributed by atoms with Crippen molar-refractivity contribution in [3.63, 3.8) is 0 Å². The van der Waals surface area contributed by atoms with Crippen LogP contribution < -0.4 is 15.4 Å². The van der Waals surface area contributed by atoms with Crippen molar-refractivity contribution in [2.75, 3.05) is 18.4 Å². The zero-order valence-electron chi connectivity index (χ0n) is 22.1. The number of piperidine rings is 1. The van der Waals surface area contributed by atoms with Gasteiger partial charge in [0.1, 0.15) is 5.75 Å². The lowest BCUT2D eigenvalue weighted by molar-refractivity contribution is 0.466. The summed E-state index contributed by atoms with van der Waals surface area (Å²) in [6, 6.07) is 17.1. The lowest BCUT2D eigenvalue weighted by atomic mass is 9.94. The van der Waals surface area contributed by atoms with Gasteiger partial charge in [-0.05, 0) is 79.8 Å². The van der Waals surface area contributed by atoms with Crippen LogP contribution in [0.2, 0.25) is 0 Å². The highest BCUT2D eigenvalue weighted by molar-refractivity contribution is 5.92. The van der Waals surface area contributed by atoms with Crippen LogP contribution in [-0.4, -0.2) is 34.1 Å². The Morgan fingerprint density at radius 3 is 2.81 bits per heavy atom. The SMILES string of the molecule is CC[C@H](C)CCc1cccc2c(Oc3ncccc3-c3ccnc(N[C@H]4CCCNC4)n3)c(C)ccc12. The fourth-order valence-corrected chi connectivity index (χ4v) is 4.96. The summed E-state index contributed by atoms with van der Waals surface area (Å²) in [7, 11) is 0. The molecule has 0 spiro atoms. The quantitative estimate of drug-likeness (QED) is 0.262. The number of hydrogen-bond acceptors (Lipinski definition) is 6. The van der Waals surface area contributed by atoms with E-state index >= 15 is 0 Å². The Morgan fingerprint density at radius 1 is 1.05 bits per heavy atom. The van der Waals surface area contributed by atoms with E-state index in [0.29, 0.717) is 23.8 Å². The van der Waals surface area contributed by atoms with Crippen LogP contribution in [0.4, 0.5) is 5.95 Å². The third kappa shape index (κ3) is 5.91. The standard InChI is InChI=1S/C31H37N5O/c1-4-21(2)12-14-23-8-5-10-26-25(23)15-13-22(3)29(26)37-30-27(11-7-18-33-30)28-16-19-34-31(36-28)35-24-9-6-17-32-20-24/h5,7-8,10-11,13,15-16,18-19,21,24,32H,4,6,9,12,14,17,20H2,1-3H3,(H,34,35,36)/t21-,24-/m0/s1. The molecule has 4 aromatic rings. The maximum absolute atomic E-state index is 6.60. The van der Waals surface area contributed by atoms with Gasteiger partial charge in [-0.2, -0.15) is 0 Å². The summed E-state index contributed by atoms with van der Waals surface area (Å²) < 4.78 is 6.60. The molecular weight excluding hydrogens is 458 g/mol. The summed E-state index contributed by atoms with van der Waals surface area (Å²) in [4.78, 5) is 13.9. The van der Waals surface area contributed by atoms with Crippen molar-refractivity contribution in [2.24, 2.45) is 5.92 Å². The van der Waals surface area contributed by atoms with Gasteiger partial charge in [-0.1, -0.05) is 50.6 Å². The number of nitrogens with zero attached hydrogens (tertiary/aromatic N) is 3. The van der Waals surface area contributed by atoms with Crippen molar-refractivity contribution in [3.8, 4) is 22.9 Å². The van der Waals surface area contributed by atoms with E-state index in [2.05, 4.69) is 71.7 Å². The topological polar surface area (TPSA) is 72.0 Å². The van der Waals surface area contributed by atoms with E-state index in [1.54, 1.807) is 12.4 Å². The average molecular weight is 496 g/mol. The van der Waals surface area contributed by atoms with Gasteiger partial charge < -0.3 is 15.4 Å². The number of aryl methyl sites for hydroxylation is 2. The average Bonchev–Trinajstić information content (AvgIpc) is 2.94. The van der Waals surface area contributed by atoms with Crippen LogP contribution in [-0.2, 0) is 6.42 Å². The van der Waals surface area contributed by atoms with Crippen molar-refractivity contribution in [2.45, 2.75) is 58.9 Å². The van der Waals surface area contributed by atoms with E-state index in [-0.39, 0.29) is 0 Å². The van der Waals surface area contributed by atoms with Gasteiger partial charge in [-0.15, -0.1) is 0 Å². The van der Waals surface area contributed by atoms with Crippen LogP contribution in [0.5, 0.6) is 11.6 Å². The fraction of sp³-hybridized carbons (Fsp3) is 0.387. The number of ether oxygens (including phenoxy) is 1. The zero-order valence-corrected chi connectivity index (χ0v) is 22.1. The Morgan fingerprint density at radius 2 is 1.97 bits per heavy atom. The van der Waals surface area contributed by atoms with Crippen molar-refractivity contribution in [1.82, 2.24) is 20.3 Å². The molecule has 0 radical (unpaired) electrons. The van der Waals surface area contributed by atoms with Crippen molar-refractivity contribution >= 4 is 16.7 Å². The first-order valence-electron chi connectivity index (χ1n) is 13.6. The molecule has 6 nitrogen and oxygen atoms in total. The van der Waals surface area contributed by atoms with Crippen molar-refractivity contribution < 1.29 is 4.74 Å². The van der Waals surface area contributed by atoms with Gasteiger partial charge in [-0.3, -0.25) is 0 Å². The molecule has 37 heavy (non-hydrogen) atoms. The molecule has 2 N–H and O–H groups in total. The Kier molecular flexibility index (Phi) is 7.95. The van der Waals surface area contributed by atoms with Crippen molar-refractivity contribution in [3.05, 3.63) is 72.1 Å². The van der Waals surface area contributed by atoms with Crippen LogP contribution >= 0.6 is 0 Å². The summed E-state index contributed by atoms with van der Waals surface area (Å²) >= 11 is 0. The van der Waals surface area contributed by atoms with Crippen LogP contribution in [0, 0.1) is 12.8 Å². The van der Waals surface area contributed by atoms with Crippen LogP contribution in [0.3, 0.4) is 0 Å². The monoisotopic (exact) mass is 495 g/mol. The molecule has 0 bridgehead atoms. The molecule has 1 aliphatic rings. The number of rotatable bonds is 9. The molecule has 2 aromatic heterocycles. The molecule has 1 fully saturated rings. The Bertz CT molecular complexity index is 1350. The molecule has 192 valence electrons. The number of pyridine rings is 1. The largest absolute Gasteiger partial charge is 0.437 e. The second-order valence-electron chi connectivity index (χ2n) is 10.2. The summed E-state index contributed by atoms with van der Waals surface area (Å²) in [6.07, 6.45) is 9.29. The lowest BCUT2D eigenvalue weighted by Gasteiger charge is -2.23. The minimum absolute atomic E-state index is 0.335. The van der Waals surface area contributed by atoms with E-state index in [4.69, 9.17) is 9.72 Å². The smallest absolute Gasteiger partial charge is 0.228 e. The summed E-state index contributed by atoms with van der Waals surface area (Å²) in [5.74, 6) is 2.75. The summed E-state index contributed by atoms with van der Waals surface area (Å²) in [5, 5.41) is 9.27. The molecule has 0 saturated carbocycles. The predicted octanol–water partition coefficient (Wildman–Crippen LogP) is 6.94. The Labute approximate surface area is 219 Å². The number of anilines is 1. The third-order valence-electron chi connectivity index (χ3n) is 7.43. The maximum Gasteiger partial charge on any atom is 0.228 e. The molecule has 0 amide bonds. The first-order valence-corrected chi connectivity index (χ1v) is 13.6. The summed E-state index contributed by atoms with van der Waals surface area (Å²) in [6.45, 7) is 8.68. The first kappa shape index (κ1) is 25.2. The van der Waals surface area contributed by atoms with E-state index < -0.39 is 0 Å². The highest BCUT2D eigenvalue weighted by Crippen LogP contribution is 2.37. The van der Waals surface area contributed by atoms with Gasteiger partial charge in [-0.25, -0.2) is 15.0 Å². The van der Waals surface area contributed by atoms with E-state index in [1.807, 2.05) is 18.2 Å². The third-order valence-corrected chi connectivity index (χ3v) is 7.43. The van der Waals surface area contributed by atoms with Crippen LogP contribution in [0.25, 0.3) is 22.0 Å². The number of benzene rings is 2. The van der Waals surface area contributed by atoms with Crippen LogP contribution in [0.15, 0.2) is 60.9 Å².